The summed E-state index contributed by atoms with van der Waals surface area (Å²) in [5.74, 6) is -0.0796. The molecule has 2 heterocycles. The van der Waals surface area contributed by atoms with Crippen LogP contribution in [0.5, 0.6) is 0 Å². The summed E-state index contributed by atoms with van der Waals surface area (Å²) < 4.78 is 0.958. The number of unbranched alkanes of at least 4 members (excludes halogenated alkanes) is 5. The Labute approximate surface area is 129 Å². The highest BCUT2D eigenvalue weighted by Crippen LogP contribution is 2.31. The van der Waals surface area contributed by atoms with Crippen LogP contribution in [0.25, 0.3) is 10.2 Å². The number of amides is 1. The number of nitrogen functional groups attached to an aromatic ring is 1. The number of hydrogen-bond donors (Lipinski definition) is 2. The van der Waals surface area contributed by atoms with Crippen molar-refractivity contribution in [2.45, 2.75) is 45.4 Å². The van der Waals surface area contributed by atoms with Crippen LogP contribution < -0.4 is 11.1 Å². The van der Waals surface area contributed by atoms with Crippen LogP contribution in [0.4, 0.5) is 5.69 Å². The number of fused-ring (bicyclic) bond motifs is 1. The summed E-state index contributed by atoms with van der Waals surface area (Å²) >= 11 is 1.41. The van der Waals surface area contributed by atoms with Gasteiger partial charge in [0.1, 0.15) is 10.4 Å². The zero-order valence-corrected chi connectivity index (χ0v) is 13.3. The van der Waals surface area contributed by atoms with Crippen LogP contribution in [0.2, 0.25) is 0 Å². The third-order valence-electron chi connectivity index (χ3n) is 3.50. The third-order valence-corrected chi connectivity index (χ3v) is 4.66. The van der Waals surface area contributed by atoms with Crippen LogP contribution >= 0.6 is 11.3 Å². The highest BCUT2D eigenvalue weighted by Gasteiger charge is 2.16. The Bertz CT molecular complexity index is 594. The Hall–Kier alpha value is -1.62. The summed E-state index contributed by atoms with van der Waals surface area (Å²) in [6.07, 6.45) is 9.00. The second-order valence-electron chi connectivity index (χ2n) is 5.22. The smallest absolute Gasteiger partial charge is 0.263 e. The number of aromatic nitrogens is 1. The van der Waals surface area contributed by atoms with Gasteiger partial charge in [0.15, 0.2) is 0 Å². The summed E-state index contributed by atoms with van der Waals surface area (Å²) in [5.41, 5.74) is 7.24. The van der Waals surface area contributed by atoms with Crippen LogP contribution in [0.15, 0.2) is 18.3 Å². The van der Waals surface area contributed by atoms with E-state index in [-0.39, 0.29) is 5.91 Å². The maximum Gasteiger partial charge on any atom is 0.263 e. The van der Waals surface area contributed by atoms with Gasteiger partial charge in [-0.05, 0) is 18.6 Å². The fourth-order valence-corrected chi connectivity index (χ4v) is 3.30. The number of rotatable bonds is 8. The zero-order chi connectivity index (χ0) is 15.1. The van der Waals surface area contributed by atoms with Crippen LogP contribution in [0, 0.1) is 0 Å². The summed E-state index contributed by atoms with van der Waals surface area (Å²) in [6, 6.07) is 3.80. The number of nitrogens with zero attached hydrogens (tertiary/aromatic N) is 1. The van der Waals surface area contributed by atoms with E-state index in [0.29, 0.717) is 17.1 Å². The molecule has 3 N–H and O–H groups in total. The molecule has 5 heteroatoms. The third kappa shape index (κ3) is 4.17. The summed E-state index contributed by atoms with van der Waals surface area (Å²) in [4.78, 5) is 17.0. The van der Waals surface area contributed by atoms with E-state index < -0.39 is 0 Å². The van der Waals surface area contributed by atoms with Gasteiger partial charge in [0.05, 0.1) is 10.4 Å². The van der Waals surface area contributed by atoms with Crippen LogP contribution in [0.3, 0.4) is 0 Å². The Balaban J connectivity index is 1.81. The van der Waals surface area contributed by atoms with Crippen molar-refractivity contribution in [3.8, 4) is 0 Å². The lowest BCUT2D eigenvalue weighted by Crippen LogP contribution is -2.24. The number of hydrogen-bond acceptors (Lipinski definition) is 4. The summed E-state index contributed by atoms with van der Waals surface area (Å²) in [6.45, 7) is 2.93. The van der Waals surface area contributed by atoms with Crippen molar-refractivity contribution in [3.63, 3.8) is 0 Å². The van der Waals surface area contributed by atoms with Crippen molar-refractivity contribution in [2.24, 2.45) is 0 Å². The molecular formula is C16H23N3OS. The van der Waals surface area contributed by atoms with Gasteiger partial charge in [-0.2, -0.15) is 0 Å². The highest BCUT2D eigenvalue weighted by atomic mass is 32.1. The fraction of sp³-hybridized carbons (Fsp3) is 0.500. The number of carbonyl (C=O) groups is 1. The predicted octanol–water partition coefficient (Wildman–Crippen LogP) is 3.97. The molecule has 0 radical (unpaired) electrons. The maximum atomic E-state index is 12.2. The van der Waals surface area contributed by atoms with Gasteiger partial charge in [-0.15, -0.1) is 11.3 Å². The van der Waals surface area contributed by atoms with Crippen molar-refractivity contribution in [1.82, 2.24) is 10.3 Å². The molecule has 0 saturated carbocycles. The van der Waals surface area contributed by atoms with Gasteiger partial charge in [0, 0.05) is 12.7 Å². The summed E-state index contributed by atoms with van der Waals surface area (Å²) in [7, 11) is 0. The van der Waals surface area contributed by atoms with E-state index in [1.807, 2.05) is 12.1 Å². The highest BCUT2D eigenvalue weighted by molar-refractivity contribution is 7.21. The molecule has 0 aliphatic heterocycles. The van der Waals surface area contributed by atoms with E-state index >= 15 is 0 Å². The number of nitrogens with two attached hydrogens (primary N) is 1. The lowest BCUT2D eigenvalue weighted by Gasteiger charge is -2.04. The molecule has 0 spiro atoms. The molecule has 0 saturated heterocycles. The van der Waals surface area contributed by atoms with E-state index in [1.165, 1.54) is 43.4 Å². The van der Waals surface area contributed by atoms with Gasteiger partial charge in [-0.25, -0.2) is 0 Å². The van der Waals surface area contributed by atoms with E-state index in [2.05, 4.69) is 17.2 Å². The largest absolute Gasteiger partial charge is 0.396 e. The van der Waals surface area contributed by atoms with Gasteiger partial charge in [-0.1, -0.05) is 39.0 Å². The Kier molecular flexibility index (Phi) is 5.99. The molecule has 0 aliphatic carbocycles. The van der Waals surface area contributed by atoms with E-state index in [4.69, 9.17) is 5.73 Å². The van der Waals surface area contributed by atoms with Gasteiger partial charge in [-0.3, -0.25) is 9.78 Å². The van der Waals surface area contributed by atoms with Crippen LogP contribution in [-0.4, -0.2) is 17.4 Å². The van der Waals surface area contributed by atoms with E-state index in [0.717, 1.165) is 16.6 Å². The van der Waals surface area contributed by atoms with Gasteiger partial charge < -0.3 is 11.1 Å². The molecule has 4 nitrogen and oxygen atoms in total. The number of anilines is 1. The second-order valence-corrected chi connectivity index (χ2v) is 6.27. The Morgan fingerprint density at radius 3 is 2.81 bits per heavy atom. The van der Waals surface area contributed by atoms with Crippen molar-refractivity contribution >= 4 is 33.1 Å². The van der Waals surface area contributed by atoms with Crippen LogP contribution in [-0.2, 0) is 0 Å². The molecule has 0 fully saturated rings. The first kappa shape index (κ1) is 15.8. The molecule has 0 aromatic carbocycles. The monoisotopic (exact) mass is 305 g/mol. The van der Waals surface area contributed by atoms with Crippen molar-refractivity contribution < 1.29 is 4.79 Å². The molecular weight excluding hydrogens is 282 g/mol. The number of pyridine rings is 1. The average molecular weight is 305 g/mol. The Morgan fingerprint density at radius 2 is 2.05 bits per heavy atom. The lowest BCUT2D eigenvalue weighted by molar-refractivity contribution is 0.0958. The molecule has 1 amide bonds. The van der Waals surface area contributed by atoms with Crippen molar-refractivity contribution in [2.75, 3.05) is 12.3 Å². The lowest BCUT2D eigenvalue weighted by atomic mass is 10.1. The topological polar surface area (TPSA) is 68.0 Å². The molecule has 2 aromatic heterocycles. The minimum atomic E-state index is -0.0796. The molecule has 2 rings (SSSR count). The standard InChI is InChI=1S/C16H23N3OS/c1-2-3-4-5-6-7-10-19-16(20)15-13(17)14-12(21-15)9-8-11-18-14/h8-9,11H,2-7,10,17H2,1H3,(H,19,20). The molecule has 21 heavy (non-hydrogen) atoms. The maximum absolute atomic E-state index is 12.2. The second kappa shape index (κ2) is 7.98. The SMILES string of the molecule is CCCCCCCCNC(=O)c1sc2cccnc2c1N. The molecule has 0 bridgehead atoms. The van der Waals surface area contributed by atoms with Crippen molar-refractivity contribution in [3.05, 3.63) is 23.2 Å². The average Bonchev–Trinajstić information content (AvgIpc) is 2.84. The molecule has 0 unspecified atom stereocenters. The predicted molar refractivity (Wildman–Crippen MR) is 89.7 cm³/mol. The first-order valence-corrected chi connectivity index (χ1v) is 8.47. The molecule has 0 aliphatic rings. The molecule has 114 valence electrons. The van der Waals surface area contributed by atoms with Crippen LogP contribution in [0.1, 0.15) is 55.1 Å². The van der Waals surface area contributed by atoms with Gasteiger partial charge in [0.2, 0.25) is 0 Å². The van der Waals surface area contributed by atoms with E-state index in [1.54, 1.807) is 6.20 Å². The minimum Gasteiger partial charge on any atom is -0.396 e. The minimum absolute atomic E-state index is 0.0796. The number of carbonyl (C=O) groups excluding carboxylic acids is 1. The van der Waals surface area contributed by atoms with E-state index in [9.17, 15) is 4.79 Å². The quantitative estimate of drug-likeness (QED) is 0.725. The number of thiophene rings is 1. The zero-order valence-electron chi connectivity index (χ0n) is 12.5. The first-order chi connectivity index (χ1) is 10.2. The molecule has 0 atom stereocenters. The normalized spacial score (nSPS) is 10.9. The van der Waals surface area contributed by atoms with Crippen molar-refractivity contribution in [1.29, 1.82) is 0 Å². The number of nitrogens with one attached hydrogen (secondary N) is 1. The first-order valence-electron chi connectivity index (χ1n) is 7.65. The van der Waals surface area contributed by atoms with Gasteiger partial charge >= 0.3 is 0 Å². The van der Waals surface area contributed by atoms with Gasteiger partial charge in [0.25, 0.3) is 5.91 Å². The fourth-order valence-electron chi connectivity index (χ4n) is 2.30. The Morgan fingerprint density at radius 1 is 1.29 bits per heavy atom. The summed E-state index contributed by atoms with van der Waals surface area (Å²) in [5, 5.41) is 2.96. The molecule has 2 aromatic rings.